The zero-order valence-corrected chi connectivity index (χ0v) is 10.7. The van der Waals surface area contributed by atoms with Crippen LogP contribution < -0.4 is 5.32 Å². The second-order valence-corrected chi connectivity index (χ2v) is 4.21. The highest BCUT2D eigenvalue weighted by Gasteiger charge is 2.06. The second-order valence-electron chi connectivity index (χ2n) is 4.21. The molecule has 0 bridgehead atoms. The molecule has 1 aromatic carbocycles. The zero-order valence-electron chi connectivity index (χ0n) is 10.7. The summed E-state index contributed by atoms with van der Waals surface area (Å²) >= 11 is 0. The van der Waals surface area contributed by atoms with Gasteiger partial charge in [0.15, 0.2) is 0 Å². The van der Waals surface area contributed by atoms with Crippen molar-refractivity contribution in [1.29, 1.82) is 0 Å². The van der Waals surface area contributed by atoms with Gasteiger partial charge in [-0.3, -0.25) is 0 Å². The molecule has 0 heterocycles. The highest BCUT2D eigenvalue weighted by atomic mass is 14.9. The molecule has 0 aliphatic carbocycles. The highest BCUT2D eigenvalue weighted by Crippen LogP contribution is 2.18. The van der Waals surface area contributed by atoms with Gasteiger partial charge in [-0.1, -0.05) is 23.8 Å². The van der Waals surface area contributed by atoms with E-state index in [1.54, 1.807) is 0 Å². The summed E-state index contributed by atoms with van der Waals surface area (Å²) in [6, 6.07) is 7.01. The predicted octanol–water partition coefficient (Wildman–Crippen LogP) is 3.37. The summed E-state index contributed by atoms with van der Waals surface area (Å²) in [5, 5.41) is 3.50. The molecule has 1 heteroatoms. The monoisotopic (exact) mass is 215 g/mol. The number of benzene rings is 1. The molecule has 1 unspecified atom stereocenters. The Hall–Kier alpha value is -1.26. The topological polar surface area (TPSA) is 12.0 Å². The molecule has 1 N–H and O–H groups in total. The van der Waals surface area contributed by atoms with Gasteiger partial charge in [0.25, 0.3) is 0 Å². The first-order valence-electron chi connectivity index (χ1n) is 5.85. The molecule has 0 saturated heterocycles. The van der Waals surface area contributed by atoms with Gasteiger partial charge in [-0.25, -0.2) is 0 Å². The van der Waals surface area contributed by atoms with Crippen LogP contribution in [0.4, 0.5) is 0 Å². The van der Waals surface area contributed by atoms with Crippen molar-refractivity contribution in [2.45, 2.75) is 40.2 Å². The van der Waals surface area contributed by atoms with Crippen molar-refractivity contribution in [1.82, 2.24) is 5.32 Å². The summed E-state index contributed by atoms with van der Waals surface area (Å²) < 4.78 is 0. The zero-order chi connectivity index (χ0) is 12.0. The maximum atomic E-state index is 3.50. The number of hydrogen-bond acceptors (Lipinski definition) is 1. The fourth-order valence-corrected chi connectivity index (χ4v) is 1.81. The number of rotatable bonds is 4. The van der Waals surface area contributed by atoms with Crippen molar-refractivity contribution in [3.63, 3.8) is 0 Å². The van der Waals surface area contributed by atoms with Crippen LogP contribution in [0.2, 0.25) is 0 Å². The fraction of sp³-hybridized carbons (Fsp3) is 0.467. The van der Waals surface area contributed by atoms with Crippen LogP contribution in [-0.4, -0.2) is 6.54 Å². The van der Waals surface area contributed by atoms with E-state index in [0.717, 1.165) is 13.0 Å². The normalized spacial score (nSPS) is 11.8. The molecule has 0 fully saturated rings. The maximum Gasteiger partial charge on any atom is 0.0294 e. The lowest BCUT2D eigenvalue weighted by Gasteiger charge is -2.16. The van der Waals surface area contributed by atoms with Gasteiger partial charge < -0.3 is 5.32 Å². The Morgan fingerprint density at radius 2 is 2.06 bits per heavy atom. The van der Waals surface area contributed by atoms with Crippen LogP contribution in [0.5, 0.6) is 0 Å². The first-order chi connectivity index (χ1) is 7.65. The Balaban J connectivity index is 2.60. The largest absolute Gasteiger partial charge is 0.309 e. The molecule has 0 saturated carbocycles. The average molecular weight is 215 g/mol. The molecule has 1 nitrogen and oxygen atoms in total. The molecule has 0 radical (unpaired) electrons. The molecule has 0 aromatic heterocycles. The first-order valence-corrected chi connectivity index (χ1v) is 5.85. The molecular weight excluding hydrogens is 194 g/mol. The van der Waals surface area contributed by atoms with Crippen LogP contribution in [-0.2, 0) is 0 Å². The van der Waals surface area contributed by atoms with Crippen LogP contribution in [0.15, 0.2) is 18.2 Å². The Bertz CT molecular complexity index is 396. The van der Waals surface area contributed by atoms with E-state index < -0.39 is 0 Å². The number of nitrogens with one attached hydrogen (secondary N) is 1. The molecule has 0 aliphatic heterocycles. The van der Waals surface area contributed by atoms with E-state index in [1.165, 1.54) is 16.7 Å². The summed E-state index contributed by atoms with van der Waals surface area (Å²) in [6.07, 6.45) is 0.922. The third-order valence-electron chi connectivity index (χ3n) is 2.78. The van der Waals surface area contributed by atoms with Crippen LogP contribution in [0, 0.1) is 25.7 Å². The van der Waals surface area contributed by atoms with Crippen molar-refractivity contribution in [2.75, 3.05) is 6.54 Å². The molecule has 0 amide bonds. The van der Waals surface area contributed by atoms with Gasteiger partial charge in [-0.05, 0) is 38.8 Å². The van der Waals surface area contributed by atoms with Gasteiger partial charge in [-0.15, -0.1) is 11.8 Å². The Morgan fingerprint density at radius 3 is 2.75 bits per heavy atom. The van der Waals surface area contributed by atoms with Crippen molar-refractivity contribution < 1.29 is 0 Å². The molecule has 86 valence electrons. The van der Waals surface area contributed by atoms with Gasteiger partial charge in [0.05, 0.1) is 0 Å². The minimum atomic E-state index is 0.401. The molecule has 0 spiro atoms. The minimum absolute atomic E-state index is 0.401. The maximum absolute atomic E-state index is 3.50. The lowest BCUT2D eigenvalue weighted by molar-refractivity contribution is 0.581. The van der Waals surface area contributed by atoms with E-state index in [1.807, 2.05) is 6.92 Å². The Labute approximate surface area is 99.3 Å². The van der Waals surface area contributed by atoms with E-state index in [4.69, 9.17) is 0 Å². The standard InChI is InChI=1S/C15H21N/c1-5-6-7-10-16-14(4)15-11-12(2)8-9-13(15)3/h8-9,11,14,16H,7,10H2,1-4H3. The summed E-state index contributed by atoms with van der Waals surface area (Å²) in [5.74, 6) is 5.98. The minimum Gasteiger partial charge on any atom is -0.309 e. The van der Waals surface area contributed by atoms with Crippen molar-refractivity contribution in [3.05, 3.63) is 34.9 Å². The third kappa shape index (κ3) is 3.72. The van der Waals surface area contributed by atoms with Crippen molar-refractivity contribution in [3.8, 4) is 11.8 Å². The summed E-state index contributed by atoms with van der Waals surface area (Å²) in [6.45, 7) is 9.35. The molecule has 0 aliphatic rings. The number of aryl methyl sites for hydroxylation is 2. The summed E-state index contributed by atoms with van der Waals surface area (Å²) in [5.41, 5.74) is 4.07. The van der Waals surface area contributed by atoms with E-state index in [0.29, 0.717) is 6.04 Å². The van der Waals surface area contributed by atoms with Crippen molar-refractivity contribution >= 4 is 0 Å². The van der Waals surface area contributed by atoms with Gasteiger partial charge in [0.1, 0.15) is 0 Å². The first kappa shape index (κ1) is 12.8. The van der Waals surface area contributed by atoms with Gasteiger partial charge in [0.2, 0.25) is 0 Å². The quantitative estimate of drug-likeness (QED) is 0.600. The fourth-order valence-electron chi connectivity index (χ4n) is 1.81. The van der Waals surface area contributed by atoms with Crippen LogP contribution in [0.25, 0.3) is 0 Å². The SMILES string of the molecule is CC#CCCNC(C)c1cc(C)ccc1C. The van der Waals surface area contributed by atoms with Gasteiger partial charge in [0, 0.05) is 19.0 Å². The smallest absolute Gasteiger partial charge is 0.0294 e. The van der Waals surface area contributed by atoms with Gasteiger partial charge in [-0.2, -0.15) is 0 Å². The lowest BCUT2D eigenvalue weighted by Crippen LogP contribution is -2.20. The highest BCUT2D eigenvalue weighted by molar-refractivity contribution is 5.32. The van der Waals surface area contributed by atoms with Crippen molar-refractivity contribution in [2.24, 2.45) is 0 Å². The van der Waals surface area contributed by atoms with Crippen LogP contribution in [0.3, 0.4) is 0 Å². The third-order valence-corrected chi connectivity index (χ3v) is 2.78. The predicted molar refractivity (Wildman–Crippen MR) is 70.4 cm³/mol. The second kappa shape index (κ2) is 6.35. The van der Waals surface area contributed by atoms with E-state index in [-0.39, 0.29) is 0 Å². The van der Waals surface area contributed by atoms with Crippen LogP contribution >= 0.6 is 0 Å². The lowest BCUT2D eigenvalue weighted by atomic mass is 10.00. The molecule has 1 atom stereocenters. The molecular formula is C15H21N. The van der Waals surface area contributed by atoms with E-state index >= 15 is 0 Å². The molecule has 16 heavy (non-hydrogen) atoms. The molecule has 1 rings (SSSR count). The summed E-state index contributed by atoms with van der Waals surface area (Å²) in [7, 11) is 0. The molecule has 1 aromatic rings. The Morgan fingerprint density at radius 1 is 1.31 bits per heavy atom. The Kier molecular flexibility index (Phi) is 5.08. The van der Waals surface area contributed by atoms with Crippen LogP contribution in [0.1, 0.15) is 43.0 Å². The summed E-state index contributed by atoms with van der Waals surface area (Å²) in [4.78, 5) is 0. The van der Waals surface area contributed by atoms with Gasteiger partial charge >= 0.3 is 0 Å². The number of hydrogen-bond donors (Lipinski definition) is 1. The average Bonchev–Trinajstić information content (AvgIpc) is 2.27. The van der Waals surface area contributed by atoms with E-state index in [2.05, 4.69) is 56.1 Å². The van der Waals surface area contributed by atoms with E-state index in [9.17, 15) is 0 Å².